The van der Waals surface area contributed by atoms with Crippen molar-refractivity contribution in [2.24, 2.45) is 0 Å². The average molecular weight is 333 g/mol. The van der Waals surface area contributed by atoms with Gasteiger partial charge < -0.3 is 10.6 Å². The lowest BCUT2D eigenvalue weighted by Crippen LogP contribution is -2.21. The maximum Gasteiger partial charge on any atom is 0.243 e. The highest BCUT2D eigenvalue weighted by atomic mass is 79.9. The first kappa shape index (κ1) is 14.6. The standard InChI is InChI=1S/C16H17BrN2O/c1-11-4-3-5-13(8-11)18-10-16(20)19-15-7-6-12(2)9-14(15)17/h3-9,18H,10H2,1-2H3,(H,19,20). The highest BCUT2D eigenvalue weighted by Crippen LogP contribution is 2.23. The molecular weight excluding hydrogens is 316 g/mol. The van der Waals surface area contributed by atoms with E-state index in [4.69, 9.17) is 0 Å². The number of aryl methyl sites for hydroxylation is 2. The van der Waals surface area contributed by atoms with Crippen LogP contribution in [0.4, 0.5) is 11.4 Å². The second-order valence-electron chi connectivity index (χ2n) is 4.75. The van der Waals surface area contributed by atoms with E-state index in [9.17, 15) is 4.79 Å². The van der Waals surface area contributed by atoms with E-state index in [1.54, 1.807) is 0 Å². The molecule has 0 aliphatic carbocycles. The number of nitrogens with one attached hydrogen (secondary N) is 2. The predicted molar refractivity (Wildman–Crippen MR) is 87.2 cm³/mol. The molecule has 0 bridgehead atoms. The molecule has 0 aliphatic heterocycles. The Hall–Kier alpha value is -1.81. The van der Waals surface area contributed by atoms with Crippen molar-refractivity contribution in [1.29, 1.82) is 0 Å². The Morgan fingerprint density at radius 3 is 2.55 bits per heavy atom. The number of hydrogen-bond acceptors (Lipinski definition) is 2. The van der Waals surface area contributed by atoms with Crippen molar-refractivity contribution in [3.8, 4) is 0 Å². The molecule has 0 unspecified atom stereocenters. The van der Waals surface area contributed by atoms with Crippen LogP contribution < -0.4 is 10.6 Å². The van der Waals surface area contributed by atoms with Crippen molar-refractivity contribution in [1.82, 2.24) is 0 Å². The first-order valence-electron chi connectivity index (χ1n) is 6.41. The summed E-state index contributed by atoms with van der Waals surface area (Å²) in [5.41, 5.74) is 4.04. The molecule has 0 heterocycles. The highest BCUT2D eigenvalue weighted by molar-refractivity contribution is 9.10. The van der Waals surface area contributed by atoms with Crippen molar-refractivity contribution < 1.29 is 4.79 Å². The molecule has 0 fully saturated rings. The van der Waals surface area contributed by atoms with Crippen LogP contribution in [0.5, 0.6) is 0 Å². The lowest BCUT2D eigenvalue weighted by atomic mass is 10.2. The van der Waals surface area contributed by atoms with Gasteiger partial charge in [0, 0.05) is 10.2 Å². The van der Waals surface area contributed by atoms with Gasteiger partial charge in [-0.3, -0.25) is 4.79 Å². The van der Waals surface area contributed by atoms with Gasteiger partial charge in [0.15, 0.2) is 0 Å². The Balaban J connectivity index is 1.92. The molecular formula is C16H17BrN2O. The third-order valence-electron chi connectivity index (χ3n) is 2.87. The quantitative estimate of drug-likeness (QED) is 0.884. The SMILES string of the molecule is Cc1cccc(NCC(=O)Nc2ccc(C)cc2Br)c1. The maximum atomic E-state index is 11.9. The molecule has 0 atom stereocenters. The number of anilines is 2. The molecule has 4 heteroatoms. The van der Waals surface area contributed by atoms with Crippen molar-refractivity contribution in [3.05, 3.63) is 58.1 Å². The summed E-state index contributed by atoms with van der Waals surface area (Å²) in [6.45, 7) is 4.27. The third-order valence-corrected chi connectivity index (χ3v) is 3.53. The fourth-order valence-corrected chi connectivity index (χ4v) is 2.45. The van der Waals surface area contributed by atoms with Gasteiger partial charge in [-0.25, -0.2) is 0 Å². The molecule has 2 N–H and O–H groups in total. The minimum absolute atomic E-state index is 0.0731. The van der Waals surface area contributed by atoms with Crippen LogP contribution in [0.25, 0.3) is 0 Å². The maximum absolute atomic E-state index is 11.9. The van der Waals surface area contributed by atoms with Gasteiger partial charge in [0.1, 0.15) is 0 Å². The monoisotopic (exact) mass is 332 g/mol. The lowest BCUT2D eigenvalue weighted by Gasteiger charge is -2.10. The number of carbonyl (C=O) groups excluding carboxylic acids is 1. The summed E-state index contributed by atoms with van der Waals surface area (Å²) in [5.74, 6) is -0.0731. The number of carbonyl (C=O) groups is 1. The molecule has 0 aliphatic rings. The first-order chi connectivity index (χ1) is 9.54. The van der Waals surface area contributed by atoms with Crippen molar-refractivity contribution in [3.63, 3.8) is 0 Å². The van der Waals surface area contributed by atoms with Crippen LogP contribution in [0.2, 0.25) is 0 Å². The van der Waals surface area contributed by atoms with Gasteiger partial charge in [0.25, 0.3) is 0 Å². The zero-order valence-corrected chi connectivity index (χ0v) is 13.1. The smallest absolute Gasteiger partial charge is 0.243 e. The van der Waals surface area contributed by atoms with Crippen molar-refractivity contribution in [2.45, 2.75) is 13.8 Å². The van der Waals surface area contributed by atoms with E-state index < -0.39 is 0 Å². The summed E-state index contributed by atoms with van der Waals surface area (Å²) >= 11 is 3.45. The molecule has 2 aromatic rings. The Bertz CT molecular complexity index is 626. The highest BCUT2D eigenvalue weighted by Gasteiger charge is 2.05. The molecule has 3 nitrogen and oxygen atoms in total. The summed E-state index contributed by atoms with van der Waals surface area (Å²) in [6, 6.07) is 13.8. The van der Waals surface area contributed by atoms with E-state index in [1.165, 1.54) is 0 Å². The predicted octanol–water partition coefficient (Wildman–Crippen LogP) is 4.12. The van der Waals surface area contributed by atoms with E-state index in [0.29, 0.717) is 0 Å². The Kier molecular flexibility index (Phi) is 4.79. The van der Waals surface area contributed by atoms with Gasteiger partial charge in [0.2, 0.25) is 5.91 Å². The van der Waals surface area contributed by atoms with Crippen LogP contribution in [0, 0.1) is 13.8 Å². The lowest BCUT2D eigenvalue weighted by molar-refractivity contribution is -0.114. The Labute approximate surface area is 127 Å². The van der Waals surface area contributed by atoms with Crippen LogP contribution in [-0.2, 0) is 4.79 Å². The van der Waals surface area contributed by atoms with Crippen molar-refractivity contribution >= 4 is 33.2 Å². The fourth-order valence-electron chi connectivity index (χ4n) is 1.85. The van der Waals surface area contributed by atoms with Gasteiger partial charge in [-0.15, -0.1) is 0 Å². The molecule has 2 rings (SSSR count). The first-order valence-corrected chi connectivity index (χ1v) is 7.20. The normalized spacial score (nSPS) is 10.2. The van der Waals surface area contributed by atoms with E-state index >= 15 is 0 Å². The number of benzene rings is 2. The number of rotatable bonds is 4. The van der Waals surface area contributed by atoms with Crippen molar-refractivity contribution in [2.75, 3.05) is 17.2 Å². The topological polar surface area (TPSA) is 41.1 Å². The van der Waals surface area contributed by atoms with Crippen LogP contribution in [0.1, 0.15) is 11.1 Å². The largest absolute Gasteiger partial charge is 0.376 e. The second-order valence-corrected chi connectivity index (χ2v) is 5.61. The Morgan fingerprint density at radius 1 is 1.10 bits per heavy atom. The molecule has 104 valence electrons. The Morgan fingerprint density at radius 2 is 1.85 bits per heavy atom. The van der Waals surface area contributed by atoms with Gasteiger partial charge in [-0.2, -0.15) is 0 Å². The summed E-state index contributed by atoms with van der Waals surface area (Å²) in [6.07, 6.45) is 0. The van der Waals surface area contributed by atoms with Crippen LogP contribution in [0.3, 0.4) is 0 Å². The summed E-state index contributed by atoms with van der Waals surface area (Å²) in [5, 5.41) is 5.98. The summed E-state index contributed by atoms with van der Waals surface area (Å²) in [7, 11) is 0. The number of amides is 1. The van der Waals surface area contributed by atoms with Gasteiger partial charge in [0.05, 0.1) is 12.2 Å². The third kappa shape index (κ3) is 4.10. The molecule has 0 saturated carbocycles. The van der Waals surface area contributed by atoms with E-state index in [1.807, 2.05) is 56.3 Å². The second kappa shape index (κ2) is 6.57. The van der Waals surface area contributed by atoms with Crippen LogP contribution in [0.15, 0.2) is 46.9 Å². The minimum Gasteiger partial charge on any atom is -0.376 e. The molecule has 0 radical (unpaired) electrons. The van der Waals surface area contributed by atoms with Gasteiger partial charge in [-0.1, -0.05) is 18.2 Å². The molecule has 0 aromatic heterocycles. The zero-order chi connectivity index (χ0) is 14.5. The minimum atomic E-state index is -0.0731. The van der Waals surface area contributed by atoms with E-state index in [-0.39, 0.29) is 12.5 Å². The average Bonchev–Trinajstić information content (AvgIpc) is 2.40. The molecule has 20 heavy (non-hydrogen) atoms. The van der Waals surface area contributed by atoms with Crippen LogP contribution >= 0.6 is 15.9 Å². The number of hydrogen-bond donors (Lipinski definition) is 2. The fraction of sp³-hybridized carbons (Fsp3) is 0.188. The van der Waals surface area contributed by atoms with E-state index in [2.05, 4.69) is 26.6 Å². The number of halogens is 1. The van der Waals surface area contributed by atoms with Gasteiger partial charge in [-0.05, 0) is 65.2 Å². The zero-order valence-electron chi connectivity index (χ0n) is 11.5. The summed E-state index contributed by atoms with van der Waals surface area (Å²) < 4.78 is 0.890. The van der Waals surface area contributed by atoms with Crippen LogP contribution in [-0.4, -0.2) is 12.5 Å². The molecule has 1 amide bonds. The van der Waals surface area contributed by atoms with Gasteiger partial charge >= 0.3 is 0 Å². The summed E-state index contributed by atoms with van der Waals surface area (Å²) in [4.78, 5) is 11.9. The molecule has 0 saturated heterocycles. The molecule has 2 aromatic carbocycles. The van der Waals surface area contributed by atoms with E-state index in [0.717, 1.165) is 27.0 Å². The molecule has 0 spiro atoms.